The molecule has 0 spiro atoms. The first-order valence-electron chi connectivity index (χ1n) is 11.0. The Morgan fingerprint density at radius 2 is 1.78 bits per heavy atom. The number of hydrogen-bond donors (Lipinski definition) is 0. The second-order valence-electron chi connectivity index (χ2n) is 7.78. The van der Waals surface area contributed by atoms with Crippen molar-refractivity contribution in [3.8, 4) is 22.4 Å². The molecule has 2 aromatic heterocycles. The van der Waals surface area contributed by atoms with E-state index in [1.54, 1.807) is 30.6 Å². The molecule has 4 rings (SSSR count). The van der Waals surface area contributed by atoms with Gasteiger partial charge in [0.1, 0.15) is 11.5 Å². The number of carbonyl (C=O) groups excluding carboxylic acids is 1. The molecule has 0 aliphatic carbocycles. The summed E-state index contributed by atoms with van der Waals surface area (Å²) < 4.78 is 15.5. The minimum Gasteiger partial charge on any atom is -0.331 e. The Balaban J connectivity index is 1.65. The van der Waals surface area contributed by atoms with Crippen LogP contribution in [0.4, 0.5) is 4.39 Å². The monoisotopic (exact) mass is 433 g/mol. The van der Waals surface area contributed by atoms with Gasteiger partial charge in [-0.25, -0.2) is 4.39 Å². The largest absolute Gasteiger partial charge is 0.331 e. The molecule has 0 saturated carbocycles. The average molecular weight is 434 g/mol. The summed E-state index contributed by atoms with van der Waals surface area (Å²) in [5, 5.41) is 4.84. The zero-order valence-corrected chi connectivity index (χ0v) is 18.5. The van der Waals surface area contributed by atoms with E-state index < -0.39 is 0 Å². The number of likely N-dealkylation sites (N-methyl/N-ethyl adjacent to an activating group) is 1. The molecule has 0 bridgehead atoms. The van der Waals surface area contributed by atoms with Gasteiger partial charge in [0.05, 0.1) is 18.8 Å². The number of rotatable bonds is 7. The SMILES string of the molecule is CCN(CC)C/C=C/C(=O)N1CCn2nc(-c3ccc(F)cc3)c(-c3ccncc3)c2C1. The van der Waals surface area contributed by atoms with Crippen LogP contribution in [0, 0.1) is 5.82 Å². The number of fused-ring (bicyclic) bond motifs is 1. The van der Waals surface area contributed by atoms with Gasteiger partial charge in [0.15, 0.2) is 0 Å². The fourth-order valence-electron chi connectivity index (χ4n) is 4.03. The lowest BCUT2D eigenvalue weighted by Crippen LogP contribution is -2.37. The first-order chi connectivity index (χ1) is 15.6. The summed E-state index contributed by atoms with van der Waals surface area (Å²) in [5.74, 6) is -0.273. The van der Waals surface area contributed by atoms with Gasteiger partial charge in [-0.3, -0.25) is 14.5 Å². The van der Waals surface area contributed by atoms with E-state index >= 15 is 0 Å². The molecule has 0 saturated heterocycles. The summed E-state index contributed by atoms with van der Waals surface area (Å²) in [4.78, 5) is 21.1. The summed E-state index contributed by atoms with van der Waals surface area (Å²) in [6.45, 7) is 8.60. The molecule has 6 nitrogen and oxygen atoms in total. The lowest BCUT2D eigenvalue weighted by Gasteiger charge is -2.27. The Morgan fingerprint density at radius 1 is 1.06 bits per heavy atom. The fourth-order valence-corrected chi connectivity index (χ4v) is 4.03. The molecular weight excluding hydrogens is 405 g/mol. The second kappa shape index (κ2) is 9.87. The van der Waals surface area contributed by atoms with E-state index in [0.717, 1.165) is 47.7 Å². The van der Waals surface area contributed by atoms with Crippen molar-refractivity contribution in [3.63, 3.8) is 0 Å². The van der Waals surface area contributed by atoms with E-state index in [1.165, 1.54) is 12.1 Å². The molecule has 0 fully saturated rings. The minimum atomic E-state index is -0.281. The van der Waals surface area contributed by atoms with Gasteiger partial charge in [0.25, 0.3) is 0 Å². The highest BCUT2D eigenvalue weighted by Crippen LogP contribution is 2.36. The van der Waals surface area contributed by atoms with Gasteiger partial charge in [-0.2, -0.15) is 5.10 Å². The molecule has 7 heteroatoms. The lowest BCUT2D eigenvalue weighted by molar-refractivity contribution is -0.127. The fraction of sp³-hybridized carbons (Fsp3) is 0.320. The average Bonchev–Trinajstić information content (AvgIpc) is 3.21. The number of nitrogens with zero attached hydrogens (tertiary/aromatic N) is 5. The van der Waals surface area contributed by atoms with Crippen molar-refractivity contribution in [2.75, 3.05) is 26.2 Å². The standard InChI is InChI=1S/C25H28FN5O/c1-3-29(4-2)15-5-6-23(32)30-16-17-31-22(18-30)24(19-11-13-27-14-12-19)25(28-31)20-7-9-21(26)10-8-20/h5-14H,3-4,15-18H2,1-2H3/b6-5+. The molecule has 0 radical (unpaired) electrons. The van der Waals surface area contributed by atoms with Gasteiger partial charge in [0.2, 0.25) is 5.91 Å². The van der Waals surface area contributed by atoms with E-state index in [-0.39, 0.29) is 11.7 Å². The Kier molecular flexibility index (Phi) is 6.75. The number of benzene rings is 1. The van der Waals surface area contributed by atoms with Crippen LogP contribution in [-0.2, 0) is 17.9 Å². The molecule has 1 aliphatic rings. The van der Waals surface area contributed by atoms with Crippen LogP contribution in [0.2, 0.25) is 0 Å². The molecule has 1 aromatic carbocycles. The van der Waals surface area contributed by atoms with Crippen LogP contribution in [0.1, 0.15) is 19.5 Å². The summed E-state index contributed by atoms with van der Waals surface area (Å²) >= 11 is 0. The van der Waals surface area contributed by atoms with Gasteiger partial charge >= 0.3 is 0 Å². The van der Waals surface area contributed by atoms with Crippen molar-refractivity contribution in [3.05, 3.63) is 72.5 Å². The number of halogens is 1. The van der Waals surface area contributed by atoms with E-state index in [9.17, 15) is 9.18 Å². The maximum atomic E-state index is 13.5. The zero-order chi connectivity index (χ0) is 22.5. The highest BCUT2D eigenvalue weighted by molar-refractivity contribution is 5.88. The van der Waals surface area contributed by atoms with E-state index in [0.29, 0.717) is 19.6 Å². The predicted molar refractivity (Wildman–Crippen MR) is 123 cm³/mol. The molecule has 0 unspecified atom stereocenters. The van der Waals surface area contributed by atoms with Gasteiger partial charge in [-0.05, 0) is 55.1 Å². The van der Waals surface area contributed by atoms with Gasteiger partial charge < -0.3 is 9.80 Å². The molecular formula is C25H28FN5O. The van der Waals surface area contributed by atoms with Crippen LogP contribution in [0.25, 0.3) is 22.4 Å². The van der Waals surface area contributed by atoms with Crippen molar-refractivity contribution in [2.24, 2.45) is 0 Å². The number of amides is 1. The lowest BCUT2D eigenvalue weighted by atomic mass is 9.99. The Morgan fingerprint density at radius 3 is 2.47 bits per heavy atom. The molecule has 3 heterocycles. The van der Waals surface area contributed by atoms with E-state index in [4.69, 9.17) is 5.10 Å². The van der Waals surface area contributed by atoms with Crippen LogP contribution in [-0.4, -0.2) is 56.7 Å². The third-order valence-corrected chi connectivity index (χ3v) is 5.90. The van der Waals surface area contributed by atoms with Crippen LogP contribution in [0.5, 0.6) is 0 Å². The molecule has 32 heavy (non-hydrogen) atoms. The van der Waals surface area contributed by atoms with Crippen molar-refractivity contribution in [1.82, 2.24) is 24.6 Å². The number of hydrogen-bond acceptors (Lipinski definition) is 4. The van der Waals surface area contributed by atoms with Crippen molar-refractivity contribution in [1.29, 1.82) is 0 Å². The maximum absolute atomic E-state index is 13.5. The van der Waals surface area contributed by atoms with Gasteiger partial charge in [-0.15, -0.1) is 0 Å². The highest BCUT2D eigenvalue weighted by Gasteiger charge is 2.27. The summed E-state index contributed by atoms with van der Waals surface area (Å²) in [7, 11) is 0. The summed E-state index contributed by atoms with van der Waals surface area (Å²) in [6.07, 6.45) is 7.11. The van der Waals surface area contributed by atoms with Gasteiger partial charge in [-0.1, -0.05) is 19.9 Å². The Bertz CT molecular complexity index is 1090. The van der Waals surface area contributed by atoms with Crippen molar-refractivity contribution >= 4 is 5.91 Å². The number of carbonyl (C=O) groups is 1. The smallest absolute Gasteiger partial charge is 0.246 e. The number of pyridine rings is 1. The Hall–Kier alpha value is -3.32. The molecule has 3 aromatic rings. The Labute approximate surface area is 188 Å². The first-order valence-corrected chi connectivity index (χ1v) is 11.0. The molecule has 166 valence electrons. The third kappa shape index (κ3) is 4.62. The summed E-state index contributed by atoms with van der Waals surface area (Å²) in [5.41, 5.74) is 4.55. The predicted octanol–water partition coefficient (Wildman–Crippen LogP) is 3.99. The second-order valence-corrected chi connectivity index (χ2v) is 7.78. The molecule has 0 atom stereocenters. The van der Waals surface area contributed by atoms with E-state index in [2.05, 4.69) is 23.7 Å². The van der Waals surface area contributed by atoms with E-state index in [1.807, 2.05) is 27.8 Å². The van der Waals surface area contributed by atoms with Crippen LogP contribution in [0.15, 0.2) is 60.9 Å². The molecule has 0 N–H and O–H groups in total. The molecule has 1 aliphatic heterocycles. The highest BCUT2D eigenvalue weighted by atomic mass is 19.1. The summed E-state index contributed by atoms with van der Waals surface area (Å²) in [6, 6.07) is 10.3. The maximum Gasteiger partial charge on any atom is 0.246 e. The van der Waals surface area contributed by atoms with Crippen molar-refractivity contribution in [2.45, 2.75) is 26.9 Å². The van der Waals surface area contributed by atoms with Crippen molar-refractivity contribution < 1.29 is 9.18 Å². The topological polar surface area (TPSA) is 54.3 Å². The normalized spacial score (nSPS) is 13.7. The van der Waals surface area contributed by atoms with Gasteiger partial charge in [0, 0.05) is 42.7 Å². The third-order valence-electron chi connectivity index (χ3n) is 5.90. The first kappa shape index (κ1) is 21.9. The minimum absolute atomic E-state index is 0.00798. The van der Waals surface area contributed by atoms with Crippen LogP contribution < -0.4 is 0 Å². The quantitative estimate of drug-likeness (QED) is 0.529. The van der Waals surface area contributed by atoms with Crippen LogP contribution in [0.3, 0.4) is 0 Å². The molecule has 1 amide bonds. The van der Waals surface area contributed by atoms with Crippen LogP contribution >= 0.6 is 0 Å². The zero-order valence-electron chi connectivity index (χ0n) is 18.5. The number of aromatic nitrogens is 3.